The first kappa shape index (κ1) is 12.3. The Morgan fingerprint density at radius 1 is 1.41 bits per heavy atom. The number of piperidine rings is 1. The molecule has 3 nitrogen and oxygen atoms in total. The molecule has 0 bridgehead atoms. The van der Waals surface area contributed by atoms with Gasteiger partial charge in [-0.1, -0.05) is 6.92 Å². The number of nitrogens with zero attached hydrogens (tertiary/aromatic N) is 1. The van der Waals surface area contributed by atoms with Crippen molar-refractivity contribution in [3.05, 3.63) is 29.6 Å². The van der Waals surface area contributed by atoms with Gasteiger partial charge in [0.25, 0.3) is 0 Å². The van der Waals surface area contributed by atoms with E-state index < -0.39 is 0 Å². The lowest BCUT2D eigenvalue weighted by molar-refractivity contribution is 0.0971. The van der Waals surface area contributed by atoms with E-state index in [2.05, 4.69) is 4.90 Å². The Balaban J connectivity index is 2.19. The van der Waals surface area contributed by atoms with Crippen molar-refractivity contribution in [1.82, 2.24) is 0 Å². The Hall–Kier alpha value is -1.13. The molecule has 17 heavy (non-hydrogen) atoms. The Labute approximate surface area is 100 Å². The normalized spacial score (nSPS) is 25.1. The molecule has 2 unspecified atom stereocenters. The summed E-state index contributed by atoms with van der Waals surface area (Å²) in [6, 6.07) is 4.61. The number of rotatable bonds is 2. The van der Waals surface area contributed by atoms with Gasteiger partial charge < -0.3 is 15.1 Å². The van der Waals surface area contributed by atoms with Crippen molar-refractivity contribution in [3.63, 3.8) is 0 Å². The monoisotopic (exact) mass is 239 g/mol. The SMILES string of the molecule is CC1CN(c2cc(F)cc(CO)c2)CCC1O. The average Bonchev–Trinajstić information content (AvgIpc) is 2.32. The first-order valence-corrected chi connectivity index (χ1v) is 5.93. The fourth-order valence-electron chi connectivity index (χ4n) is 2.27. The molecule has 94 valence electrons. The highest BCUT2D eigenvalue weighted by molar-refractivity contribution is 5.49. The molecule has 0 radical (unpaired) electrons. The first-order chi connectivity index (χ1) is 8.10. The van der Waals surface area contributed by atoms with E-state index in [9.17, 15) is 9.50 Å². The van der Waals surface area contributed by atoms with Crippen LogP contribution in [0, 0.1) is 11.7 Å². The van der Waals surface area contributed by atoms with Crippen LogP contribution in [-0.2, 0) is 6.61 Å². The molecule has 0 spiro atoms. The van der Waals surface area contributed by atoms with Crippen LogP contribution < -0.4 is 4.90 Å². The van der Waals surface area contributed by atoms with Crippen molar-refractivity contribution >= 4 is 5.69 Å². The molecule has 2 atom stereocenters. The van der Waals surface area contributed by atoms with E-state index in [-0.39, 0.29) is 24.4 Å². The lowest BCUT2D eigenvalue weighted by Crippen LogP contribution is -2.42. The largest absolute Gasteiger partial charge is 0.393 e. The number of hydrogen-bond acceptors (Lipinski definition) is 3. The van der Waals surface area contributed by atoms with Gasteiger partial charge in [0.05, 0.1) is 12.7 Å². The predicted molar refractivity (Wildman–Crippen MR) is 64.3 cm³/mol. The summed E-state index contributed by atoms with van der Waals surface area (Å²) in [5.74, 6) is -0.144. The minimum atomic E-state index is -0.328. The van der Waals surface area contributed by atoms with E-state index in [1.807, 2.05) is 6.92 Å². The Morgan fingerprint density at radius 2 is 2.18 bits per heavy atom. The van der Waals surface area contributed by atoms with Gasteiger partial charge in [-0.2, -0.15) is 0 Å². The summed E-state index contributed by atoms with van der Waals surface area (Å²) >= 11 is 0. The maximum atomic E-state index is 13.4. The molecular formula is C13H18FNO2. The van der Waals surface area contributed by atoms with Gasteiger partial charge in [0.1, 0.15) is 5.82 Å². The maximum Gasteiger partial charge on any atom is 0.125 e. The maximum absolute atomic E-state index is 13.4. The number of anilines is 1. The van der Waals surface area contributed by atoms with Crippen LogP contribution in [-0.4, -0.2) is 29.4 Å². The average molecular weight is 239 g/mol. The number of benzene rings is 1. The minimum absolute atomic E-state index is 0.156. The third kappa shape index (κ3) is 2.76. The van der Waals surface area contributed by atoms with Crippen molar-refractivity contribution in [2.45, 2.75) is 26.1 Å². The van der Waals surface area contributed by atoms with Gasteiger partial charge in [0, 0.05) is 18.8 Å². The van der Waals surface area contributed by atoms with Crippen molar-refractivity contribution in [1.29, 1.82) is 0 Å². The molecule has 2 rings (SSSR count). The highest BCUT2D eigenvalue weighted by Gasteiger charge is 2.24. The molecule has 1 fully saturated rings. The third-order valence-electron chi connectivity index (χ3n) is 3.35. The smallest absolute Gasteiger partial charge is 0.125 e. The van der Waals surface area contributed by atoms with E-state index in [0.717, 1.165) is 18.8 Å². The van der Waals surface area contributed by atoms with E-state index in [1.165, 1.54) is 12.1 Å². The number of halogens is 1. The van der Waals surface area contributed by atoms with Crippen LogP contribution in [0.2, 0.25) is 0 Å². The molecular weight excluding hydrogens is 221 g/mol. The van der Waals surface area contributed by atoms with Crippen molar-refractivity contribution in [3.8, 4) is 0 Å². The topological polar surface area (TPSA) is 43.7 Å². The molecule has 0 saturated carbocycles. The second kappa shape index (κ2) is 5.02. The van der Waals surface area contributed by atoms with E-state index in [4.69, 9.17) is 5.11 Å². The minimum Gasteiger partial charge on any atom is -0.393 e. The Kier molecular flexibility index (Phi) is 3.64. The zero-order chi connectivity index (χ0) is 12.4. The molecule has 1 aromatic rings. The van der Waals surface area contributed by atoms with E-state index in [1.54, 1.807) is 6.07 Å². The Bertz CT molecular complexity index is 397. The van der Waals surface area contributed by atoms with Crippen LogP contribution in [0.25, 0.3) is 0 Å². The lowest BCUT2D eigenvalue weighted by Gasteiger charge is -2.36. The summed E-state index contributed by atoms with van der Waals surface area (Å²) in [4.78, 5) is 2.06. The summed E-state index contributed by atoms with van der Waals surface area (Å²) in [5, 5.41) is 18.7. The number of aliphatic hydroxyl groups excluding tert-OH is 2. The van der Waals surface area contributed by atoms with Crippen molar-refractivity contribution < 1.29 is 14.6 Å². The molecule has 1 aliphatic heterocycles. The summed E-state index contributed by atoms with van der Waals surface area (Å²) < 4.78 is 13.4. The van der Waals surface area contributed by atoms with E-state index in [0.29, 0.717) is 12.0 Å². The van der Waals surface area contributed by atoms with Gasteiger partial charge in [0.2, 0.25) is 0 Å². The van der Waals surface area contributed by atoms with Gasteiger partial charge in [-0.05, 0) is 36.1 Å². The molecule has 2 N–H and O–H groups in total. The summed E-state index contributed by atoms with van der Waals surface area (Å²) in [6.45, 7) is 3.27. The van der Waals surface area contributed by atoms with Crippen LogP contribution in [0.15, 0.2) is 18.2 Å². The lowest BCUT2D eigenvalue weighted by atomic mass is 9.96. The van der Waals surface area contributed by atoms with Gasteiger partial charge in [0.15, 0.2) is 0 Å². The molecule has 4 heteroatoms. The number of hydrogen-bond donors (Lipinski definition) is 2. The van der Waals surface area contributed by atoms with Crippen LogP contribution in [0.1, 0.15) is 18.9 Å². The molecule has 0 aromatic heterocycles. The van der Waals surface area contributed by atoms with Crippen LogP contribution >= 0.6 is 0 Å². The molecule has 1 aliphatic rings. The van der Waals surface area contributed by atoms with Gasteiger partial charge in [-0.15, -0.1) is 0 Å². The van der Waals surface area contributed by atoms with Gasteiger partial charge >= 0.3 is 0 Å². The summed E-state index contributed by atoms with van der Waals surface area (Å²) in [5.41, 5.74) is 1.37. The molecule has 1 aromatic carbocycles. The first-order valence-electron chi connectivity index (χ1n) is 5.93. The van der Waals surface area contributed by atoms with Crippen molar-refractivity contribution in [2.24, 2.45) is 5.92 Å². The van der Waals surface area contributed by atoms with Gasteiger partial charge in [-0.3, -0.25) is 0 Å². The zero-order valence-corrected chi connectivity index (χ0v) is 9.93. The molecule has 1 heterocycles. The summed E-state index contributed by atoms with van der Waals surface area (Å²) in [6.07, 6.45) is 0.434. The predicted octanol–water partition coefficient (Wildman–Crippen LogP) is 1.53. The van der Waals surface area contributed by atoms with Crippen molar-refractivity contribution in [2.75, 3.05) is 18.0 Å². The zero-order valence-electron chi connectivity index (χ0n) is 9.93. The highest BCUT2D eigenvalue weighted by atomic mass is 19.1. The number of aliphatic hydroxyl groups is 2. The van der Waals surface area contributed by atoms with E-state index >= 15 is 0 Å². The van der Waals surface area contributed by atoms with Crippen LogP contribution in [0.5, 0.6) is 0 Å². The summed E-state index contributed by atoms with van der Waals surface area (Å²) in [7, 11) is 0. The fraction of sp³-hybridized carbons (Fsp3) is 0.538. The molecule has 0 aliphatic carbocycles. The van der Waals surface area contributed by atoms with Gasteiger partial charge in [-0.25, -0.2) is 4.39 Å². The quantitative estimate of drug-likeness (QED) is 0.822. The second-order valence-electron chi connectivity index (χ2n) is 4.76. The Morgan fingerprint density at radius 3 is 2.82 bits per heavy atom. The highest BCUT2D eigenvalue weighted by Crippen LogP contribution is 2.25. The molecule has 1 saturated heterocycles. The second-order valence-corrected chi connectivity index (χ2v) is 4.76. The molecule has 0 amide bonds. The standard InChI is InChI=1S/C13H18FNO2/c1-9-7-15(3-2-13(9)17)12-5-10(8-16)4-11(14)6-12/h4-6,9,13,16-17H,2-3,7-8H2,1H3. The van der Waals surface area contributed by atoms with Crippen LogP contribution in [0.3, 0.4) is 0 Å². The van der Waals surface area contributed by atoms with Crippen LogP contribution in [0.4, 0.5) is 10.1 Å². The third-order valence-corrected chi connectivity index (χ3v) is 3.35. The fourth-order valence-corrected chi connectivity index (χ4v) is 2.27.